The van der Waals surface area contributed by atoms with E-state index in [9.17, 15) is 9.18 Å². The van der Waals surface area contributed by atoms with Gasteiger partial charge in [-0.05, 0) is 12.8 Å². The molecular formula is C14H17FN6O. The number of anilines is 2. The summed E-state index contributed by atoms with van der Waals surface area (Å²) in [6, 6.07) is 0.0888. The fourth-order valence-corrected chi connectivity index (χ4v) is 2.56. The predicted octanol–water partition coefficient (Wildman–Crippen LogP) is 0.790. The summed E-state index contributed by atoms with van der Waals surface area (Å²) in [5.74, 6) is 0.381. The molecule has 1 unspecified atom stereocenters. The highest BCUT2D eigenvalue weighted by Gasteiger charge is 2.23. The van der Waals surface area contributed by atoms with Gasteiger partial charge in [-0.15, -0.1) is 0 Å². The van der Waals surface area contributed by atoms with Gasteiger partial charge < -0.3 is 14.8 Å². The predicted molar refractivity (Wildman–Crippen MR) is 80.3 cm³/mol. The third-order valence-corrected chi connectivity index (χ3v) is 3.67. The molecule has 3 rings (SSSR count). The van der Waals surface area contributed by atoms with E-state index >= 15 is 0 Å². The van der Waals surface area contributed by atoms with Crippen molar-refractivity contribution in [2.45, 2.75) is 18.9 Å². The molecule has 0 aliphatic carbocycles. The lowest BCUT2D eigenvalue weighted by Gasteiger charge is -2.33. The molecule has 116 valence electrons. The van der Waals surface area contributed by atoms with Gasteiger partial charge in [0.05, 0.1) is 12.4 Å². The summed E-state index contributed by atoms with van der Waals surface area (Å²) < 4.78 is 14.3. The maximum absolute atomic E-state index is 12.8. The van der Waals surface area contributed by atoms with Crippen LogP contribution in [0.4, 0.5) is 16.2 Å². The van der Waals surface area contributed by atoms with E-state index in [-0.39, 0.29) is 11.6 Å². The van der Waals surface area contributed by atoms with Crippen molar-refractivity contribution in [3.63, 3.8) is 0 Å². The third-order valence-electron chi connectivity index (χ3n) is 3.67. The largest absolute Gasteiger partial charge is 0.350 e. The lowest BCUT2D eigenvalue weighted by molar-refractivity contribution is 0.520. The number of hydrogen-bond acceptors (Lipinski definition) is 6. The van der Waals surface area contributed by atoms with E-state index in [0.717, 1.165) is 31.8 Å². The SMILES string of the molecule is Cn1ccnc(N2CCCC(Nc3ncc(F)cn3)C2)c1=O. The molecule has 1 atom stereocenters. The number of aryl methyl sites for hydroxylation is 1. The first kappa shape index (κ1) is 14.4. The molecule has 22 heavy (non-hydrogen) atoms. The van der Waals surface area contributed by atoms with E-state index in [1.807, 2.05) is 4.90 Å². The smallest absolute Gasteiger partial charge is 0.293 e. The summed E-state index contributed by atoms with van der Waals surface area (Å²) in [7, 11) is 1.71. The number of halogens is 1. The number of aromatic nitrogens is 4. The van der Waals surface area contributed by atoms with Crippen molar-refractivity contribution >= 4 is 11.8 Å². The van der Waals surface area contributed by atoms with Gasteiger partial charge in [-0.2, -0.15) is 0 Å². The molecule has 2 aromatic rings. The molecular weight excluding hydrogens is 287 g/mol. The Labute approximate surface area is 126 Å². The molecule has 1 aliphatic heterocycles. The molecule has 7 nitrogen and oxygen atoms in total. The topological polar surface area (TPSA) is 75.9 Å². The van der Waals surface area contributed by atoms with E-state index in [1.54, 1.807) is 19.4 Å². The minimum absolute atomic E-state index is 0.0888. The van der Waals surface area contributed by atoms with E-state index < -0.39 is 5.82 Å². The van der Waals surface area contributed by atoms with E-state index in [0.29, 0.717) is 18.3 Å². The second-order valence-electron chi connectivity index (χ2n) is 5.32. The van der Waals surface area contributed by atoms with Crippen LogP contribution in [0.2, 0.25) is 0 Å². The monoisotopic (exact) mass is 304 g/mol. The molecule has 0 amide bonds. The van der Waals surface area contributed by atoms with Crippen molar-refractivity contribution in [2.75, 3.05) is 23.3 Å². The van der Waals surface area contributed by atoms with Gasteiger partial charge in [0, 0.05) is 38.6 Å². The molecule has 1 saturated heterocycles. The standard InChI is InChI=1S/C14H17FN6O/c1-20-6-4-16-12(13(20)22)21-5-2-3-11(9-21)19-14-17-7-10(15)8-18-14/h4,6-8,11H,2-3,5,9H2,1H3,(H,17,18,19). The van der Waals surface area contributed by atoms with Crippen LogP contribution in [0.15, 0.2) is 29.6 Å². The Kier molecular flexibility index (Phi) is 3.99. The minimum atomic E-state index is -0.465. The lowest BCUT2D eigenvalue weighted by Crippen LogP contribution is -2.45. The van der Waals surface area contributed by atoms with Crippen molar-refractivity contribution in [2.24, 2.45) is 7.05 Å². The van der Waals surface area contributed by atoms with Crippen molar-refractivity contribution in [3.05, 3.63) is 41.0 Å². The number of rotatable bonds is 3. The maximum atomic E-state index is 12.8. The van der Waals surface area contributed by atoms with E-state index in [4.69, 9.17) is 0 Å². The van der Waals surface area contributed by atoms with Crippen LogP contribution in [-0.2, 0) is 7.05 Å². The first-order valence-corrected chi connectivity index (χ1v) is 7.14. The lowest BCUT2D eigenvalue weighted by atomic mass is 10.1. The Morgan fingerprint density at radius 1 is 1.32 bits per heavy atom. The average Bonchev–Trinajstić information content (AvgIpc) is 2.53. The molecule has 3 heterocycles. The molecule has 0 radical (unpaired) electrons. The van der Waals surface area contributed by atoms with Gasteiger partial charge >= 0.3 is 0 Å². The normalized spacial score (nSPS) is 18.3. The number of hydrogen-bond donors (Lipinski definition) is 1. The Bertz CT molecular complexity index is 701. The van der Waals surface area contributed by atoms with Gasteiger partial charge in [-0.3, -0.25) is 4.79 Å². The van der Waals surface area contributed by atoms with Gasteiger partial charge in [0.25, 0.3) is 5.56 Å². The Hall–Kier alpha value is -2.51. The Balaban J connectivity index is 1.72. The number of piperidine rings is 1. The van der Waals surface area contributed by atoms with Crippen molar-refractivity contribution in [3.8, 4) is 0 Å². The molecule has 8 heteroatoms. The zero-order valence-electron chi connectivity index (χ0n) is 12.2. The van der Waals surface area contributed by atoms with Crippen molar-refractivity contribution in [1.29, 1.82) is 0 Å². The summed E-state index contributed by atoms with van der Waals surface area (Å²) in [6.07, 6.45) is 7.38. The summed E-state index contributed by atoms with van der Waals surface area (Å²) >= 11 is 0. The van der Waals surface area contributed by atoms with Gasteiger partial charge in [0.15, 0.2) is 11.6 Å². The minimum Gasteiger partial charge on any atom is -0.350 e. The van der Waals surface area contributed by atoms with Crippen LogP contribution in [0.1, 0.15) is 12.8 Å². The Morgan fingerprint density at radius 3 is 2.86 bits per heavy atom. The third kappa shape index (κ3) is 3.05. The van der Waals surface area contributed by atoms with Crippen LogP contribution >= 0.6 is 0 Å². The van der Waals surface area contributed by atoms with E-state index in [2.05, 4.69) is 20.3 Å². The van der Waals surface area contributed by atoms with Gasteiger partial charge in [-0.25, -0.2) is 19.3 Å². The first-order valence-electron chi connectivity index (χ1n) is 7.14. The van der Waals surface area contributed by atoms with Crippen LogP contribution in [-0.4, -0.2) is 38.7 Å². The van der Waals surface area contributed by atoms with E-state index in [1.165, 1.54) is 4.57 Å². The van der Waals surface area contributed by atoms with Gasteiger partial charge in [0.1, 0.15) is 0 Å². The van der Waals surface area contributed by atoms with Crippen molar-refractivity contribution < 1.29 is 4.39 Å². The molecule has 1 aliphatic rings. The van der Waals surface area contributed by atoms with Crippen LogP contribution in [0, 0.1) is 5.82 Å². The maximum Gasteiger partial charge on any atom is 0.293 e. The quantitative estimate of drug-likeness (QED) is 0.903. The summed E-state index contributed by atoms with van der Waals surface area (Å²) in [5.41, 5.74) is -0.110. The van der Waals surface area contributed by atoms with Crippen LogP contribution in [0.25, 0.3) is 0 Å². The molecule has 0 saturated carbocycles. The van der Waals surface area contributed by atoms with Gasteiger partial charge in [-0.1, -0.05) is 0 Å². The highest BCUT2D eigenvalue weighted by Crippen LogP contribution is 2.16. The molecule has 2 aromatic heterocycles. The second-order valence-corrected chi connectivity index (χ2v) is 5.32. The fourth-order valence-electron chi connectivity index (χ4n) is 2.56. The highest BCUT2D eigenvalue weighted by atomic mass is 19.1. The molecule has 0 spiro atoms. The van der Waals surface area contributed by atoms with Crippen LogP contribution in [0.5, 0.6) is 0 Å². The molecule has 0 aromatic carbocycles. The first-order chi connectivity index (χ1) is 10.6. The summed E-state index contributed by atoms with van der Waals surface area (Å²) in [4.78, 5) is 26.1. The number of nitrogens with zero attached hydrogens (tertiary/aromatic N) is 5. The molecule has 0 bridgehead atoms. The Morgan fingerprint density at radius 2 is 2.09 bits per heavy atom. The number of nitrogens with one attached hydrogen (secondary N) is 1. The fraction of sp³-hybridized carbons (Fsp3) is 0.429. The average molecular weight is 304 g/mol. The molecule has 1 fully saturated rings. The second kappa shape index (κ2) is 6.08. The molecule has 1 N–H and O–H groups in total. The zero-order valence-corrected chi connectivity index (χ0v) is 12.2. The summed E-state index contributed by atoms with van der Waals surface area (Å²) in [6.45, 7) is 1.42. The van der Waals surface area contributed by atoms with Crippen LogP contribution < -0.4 is 15.8 Å². The zero-order chi connectivity index (χ0) is 15.5. The summed E-state index contributed by atoms with van der Waals surface area (Å²) in [5, 5.41) is 3.17. The van der Waals surface area contributed by atoms with Crippen molar-refractivity contribution in [1.82, 2.24) is 19.5 Å². The highest BCUT2D eigenvalue weighted by molar-refractivity contribution is 5.38. The van der Waals surface area contributed by atoms with Crippen LogP contribution in [0.3, 0.4) is 0 Å². The van der Waals surface area contributed by atoms with Gasteiger partial charge in [0.2, 0.25) is 5.95 Å².